The third-order valence-corrected chi connectivity index (χ3v) is 4.51. The molecule has 0 saturated carbocycles. The van der Waals surface area contributed by atoms with Crippen LogP contribution in [0.1, 0.15) is 18.4 Å². The molecule has 2 aromatic carbocycles. The highest BCUT2D eigenvalue weighted by Gasteiger charge is 2.19. The zero-order valence-corrected chi connectivity index (χ0v) is 16.9. The lowest BCUT2D eigenvalue weighted by Gasteiger charge is -2.11. The van der Waals surface area contributed by atoms with Crippen molar-refractivity contribution in [3.63, 3.8) is 0 Å². The highest BCUT2D eigenvalue weighted by atomic mass is 16.6. The minimum Gasteiger partial charge on any atom is -0.457 e. The molecule has 2 heterocycles. The van der Waals surface area contributed by atoms with Gasteiger partial charge < -0.3 is 14.0 Å². The van der Waals surface area contributed by atoms with Crippen molar-refractivity contribution in [2.45, 2.75) is 20.0 Å². The number of imidazole rings is 1. The quantitative estimate of drug-likeness (QED) is 0.305. The van der Waals surface area contributed by atoms with E-state index in [0.717, 1.165) is 11.4 Å². The molecule has 0 bridgehead atoms. The van der Waals surface area contributed by atoms with Gasteiger partial charge in [0.15, 0.2) is 11.5 Å². The summed E-state index contributed by atoms with van der Waals surface area (Å²) >= 11 is 0. The number of ether oxygens (including phenoxy) is 2. The average Bonchev–Trinajstić information content (AvgIpc) is 3.41. The molecule has 0 spiro atoms. The van der Waals surface area contributed by atoms with Crippen molar-refractivity contribution in [3.05, 3.63) is 76.5 Å². The van der Waals surface area contributed by atoms with E-state index in [0.29, 0.717) is 35.3 Å². The minimum atomic E-state index is -0.453. The Morgan fingerprint density at radius 1 is 1.16 bits per heavy atom. The highest BCUT2D eigenvalue weighted by Crippen LogP contribution is 2.28. The van der Waals surface area contributed by atoms with Gasteiger partial charge in [-0.15, -0.1) is 0 Å². The first-order valence-corrected chi connectivity index (χ1v) is 9.50. The lowest BCUT2D eigenvalue weighted by atomic mass is 10.2. The van der Waals surface area contributed by atoms with Crippen LogP contribution in [0.25, 0.3) is 17.3 Å². The Labute approximate surface area is 177 Å². The van der Waals surface area contributed by atoms with Crippen LogP contribution in [0.15, 0.2) is 59.4 Å². The van der Waals surface area contributed by atoms with E-state index in [9.17, 15) is 10.1 Å². The predicted molar refractivity (Wildman–Crippen MR) is 110 cm³/mol. The number of aryl methyl sites for hydroxylation is 1. The van der Waals surface area contributed by atoms with Crippen LogP contribution >= 0.6 is 0 Å². The Bertz CT molecular complexity index is 1200. The number of hydrogen-bond acceptors (Lipinski definition) is 8. The van der Waals surface area contributed by atoms with Gasteiger partial charge in [-0.3, -0.25) is 14.7 Å². The zero-order chi connectivity index (χ0) is 21.8. The molecule has 0 aliphatic heterocycles. The lowest BCUT2D eigenvalue weighted by molar-refractivity contribution is -0.384. The zero-order valence-electron chi connectivity index (χ0n) is 16.9. The Morgan fingerprint density at radius 3 is 2.65 bits per heavy atom. The second kappa shape index (κ2) is 8.76. The summed E-state index contributed by atoms with van der Waals surface area (Å²) in [5, 5.41) is 14.7. The van der Waals surface area contributed by atoms with Crippen molar-refractivity contribution in [1.29, 1.82) is 0 Å². The number of methoxy groups -OCH3 is 1. The summed E-state index contributed by atoms with van der Waals surface area (Å²) < 4.78 is 18.4. The summed E-state index contributed by atoms with van der Waals surface area (Å²) in [6.45, 7) is 2.23. The summed E-state index contributed by atoms with van der Waals surface area (Å²) in [5.41, 5.74) is 2.10. The molecular formula is C21H19N5O5. The SMILES string of the molecule is CCc1noc(-c2ncn(-c3cccc(Oc4ccc([N+](=O)[O-])cc4)c3)c2COC)n1. The van der Waals surface area contributed by atoms with Crippen LogP contribution in [-0.4, -0.2) is 31.7 Å². The maximum atomic E-state index is 10.8. The molecule has 31 heavy (non-hydrogen) atoms. The third kappa shape index (κ3) is 4.28. The molecule has 158 valence electrons. The Kier molecular flexibility index (Phi) is 5.72. The fourth-order valence-electron chi connectivity index (χ4n) is 3.01. The van der Waals surface area contributed by atoms with E-state index in [2.05, 4.69) is 15.1 Å². The summed E-state index contributed by atoms with van der Waals surface area (Å²) in [7, 11) is 1.60. The van der Waals surface area contributed by atoms with Crippen molar-refractivity contribution in [2.75, 3.05) is 7.11 Å². The lowest BCUT2D eigenvalue weighted by Crippen LogP contribution is -2.02. The Morgan fingerprint density at radius 2 is 1.97 bits per heavy atom. The highest BCUT2D eigenvalue weighted by molar-refractivity contribution is 5.54. The van der Waals surface area contributed by atoms with Gasteiger partial charge in [-0.2, -0.15) is 4.98 Å². The second-order valence-corrected chi connectivity index (χ2v) is 6.56. The Hall–Kier alpha value is -4.05. The first-order valence-electron chi connectivity index (χ1n) is 9.50. The van der Waals surface area contributed by atoms with E-state index in [1.807, 2.05) is 29.7 Å². The van der Waals surface area contributed by atoms with Crippen LogP contribution in [0.4, 0.5) is 5.69 Å². The summed E-state index contributed by atoms with van der Waals surface area (Å²) in [6, 6.07) is 13.3. The van der Waals surface area contributed by atoms with Crippen LogP contribution in [-0.2, 0) is 17.8 Å². The number of non-ortho nitro benzene ring substituents is 1. The largest absolute Gasteiger partial charge is 0.457 e. The number of nitro benzene ring substituents is 1. The predicted octanol–water partition coefficient (Wildman–Crippen LogP) is 4.33. The van der Waals surface area contributed by atoms with E-state index in [-0.39, 0.29) is 12.3 Å². The van der Waals surface area contributed by atoms with Crippen molar-refractivity contribution >= 4 is 5.69 Å². The average molecular weight is 421 g/mol. The van der Waals surface area contributed by atoms with Crippen molar-refractivity contribution in [1.82, 2.24) is 19.7 Å². The minimum absolute atomic E-state index is 0.00325. The molecule has 2 aromatic heterocycles. The van der Waals surface area contributed by atoms with E-state index < -0.39 is 4.92 Å². The topological polar surface area (TPSA) is 118 Å². The number of nitrogens with zero attached hydrogens (tertiary/aromatic N) is 5. The fraction of sp³-hybridized carbons (Fsp3) is 0.190. The summed E-state index contributed by atoms with van der Waals surface area (Å²) in [6.07, 6.45) is 2.32. The van der Waals surface area contributed by atoms with E-state index in [1.54, 1.807) is 31.6 Å². The van der Waals surface area contributed by atoms with Crippen LogP contribution in [0, 0.1) is 10.1 Å². The molecule has 0 aliphatic carbocycles. The molecule has 10 heteroatoms. The number of benzene rings is 2. The molecule has 0 amide bonds. The smallest absolute Gasteiger partial charge is 0.278 e. The molecule has 0 saturated heterocycles. The van der Waals surface area contributed by atoms with Gasteiger partial charge in [-0.1, -0.05) is 18.1 Å². The molecule has 10 nitrogen and oxygen atoms in total. The van der Waals surface area contributed by atoms with Gasteiger partial charge in [0.25, 0.3) is 11.6 Å². The normalized spacial score (nSPS) is 10.9. The number of nitro groups is 1. The van der Waals surface area contributed by atoms with Crippen LogP contribution < -0.4 is 4.74 Å². The van der Waals surface area contributed by atoms with Gasteiger partial charge in [-0.05, 0) is 24.3 Å². The molecular weight excluding hydrogens is 402 g/mol. The van der Waals surface area contributed by atoms with Gasteiger partial charge in [0.05, 0.1) is 22.9 Å². The number of hydrogen-bond donors (Lipinski definition) is 0. The van der Waals surface area contributed by atoms with Crippen LogP contribution in [0.5, 0.6) is 11.5 Å². The molecule has 0 radical (unpaired) electrons. The van der Waals surface area contributed by atoms with E-state index in [1.165, 1.54) is 12.1 Å². The van der Waals surface area contributed by atoms with Gasteiger partial charge in [0.2, 0.25) is 0 Å². The first-order chi connectivity index (χ1) is 15.1. The van der Waals surface area contributed by atoms with Gasteiger partial charge in [0.1, 0.15) is 17.8 Å². The third-order valence-electron chi connectivity index (χ3n) is 4.51. The van der Waals surface area contributed by atoms with Crippen molar-refractivity contribution in [2.24, 2.45) is 0 Å². The standard InChI is InChI=1S/C21H19N5O5/c1-3-19-23-21(31-24-19)20-18(12-29-2)25(13-22-20)15-5-4-6-17(11-15)30-16-9-7-14(8-10-16)26(27)28/h4-11,13H,3,12H2,1-2H3. The van der Waals surface area contributed by atoms with Crippen molar-refractivity contribution < 1.29 is 18.9 Å². The fourth-order valence-corrected chi connectivity index (χ4v) is 3.01. The molecule has 0 unspecified atom stereocenters. The van der Waals surface area contributed by atoms with Crippen LogP contribution in [0.3, 0.4) is 0 Å². The number of aromatic nitrogens is 4. The van der Waals surface area contributed by atoms with Crippen LogP contribution in [0.2, 0.25) is 0 Å². The molecule has 0 aliphatic rings. The Balaban J connectivity index is 1.64. The second-order valence-electron chi connectivity index (χ2n) is 6.56. The van der Waals surface area contributed by atoms with Gasteiger partial charge in [-0.25, -0.2) is 4.98 Å². The summed E-state index contributed by atoms with van der Waals surface area (Å²) in [5.74, 6) is 1.99. The van der Waals surface area contributed by atoms with Gasteiger partial charge in [0, 0.05) is 31.7 Å². The molecule has 4 aromatic rings. The van der Waals surface area contributed by atoms with E-state index in [4.69, 9.17) is 14.0 Å². The molecule has 4 rings (SSSR count). The molecule has 0 fully saturated rings. The molecule has 0 atom stereocenters. The number of rotatable bonds is 8. The summed E-state index contributed by atoms with van der Waals surface area (Å²) in [4.78, 5) is 19.2. The first kappa shape index (κ1) is 20.2. The van der Waals surface area contributed by atoms with Crippen molar-refractivity contribution in [3.8, 4) is 28.8 Å². The monoisotopic (exact) mass is 421 g/mol. The van der Waals surface area contributed by atoms with Gasteiger partial charge >= 0.3 is 0 Å². The molecule has 0 N–H and O–H groups in total. The maximum Gasteiger partial charge on any atom is 0.278 e. The van der Waals surface area contributed by atoms with E-state index >= 15 is 0 Å². The maximum absolute atomic E-state index is 10.8.